The van der Waals surface area contributed by atoms with Crippen LogP contribution in [0.3, 0.4) is 0 Å². The third-order valence-corrected chi connectivity index (χ3v) is 7.56. The molecule has 0 N–H and O–H groups in total. The minimum Gasteiger partial charge on any atom is -0.356 e. The van der Waals surface area contributed by atoms with Gasteiger partial charge in [-0.2, -0.15) is 10.1 Å². The van der Waals surface area contributed by atoms with Crippen molar-refractivity contribution in [3.63, 3.8) is 0 Å². The Bertz CT molecular complexity index is 1220. The standard InChI is InChI=1S/C24H26F3N7/c1-14-9-21(29-13-28-14)32-11-15-3-4-16(12-32)17(15)10-20-30-24-33(7-2-8-34(24)31-20)19-6-5-18(25)22(26)23(19)27/h5-6,9,13,15-17H,2-4,7-8,10-12H2,1H3/t15-,16+,17?. The number of benzene rings is 1. The molecule has 1 saturated heterocycles. The number of aromatic nitrogens is 5. The average Bonchev–Trinajstić information content (AvgIpc) is 3.33. The van der Waals surface area contributed by atoms with Crippen LogP contribution in [0.1, 0.15) is 30.8 Å². The van der Waals surface area contributed by atoms with Gasteiger partial charge in [0, 0.05) is 44.4 Å². The first kappa shape index (κ1) is 21.4. The Morgan fingerprint density at radius 3 is 2.56 bits per heavy atom. The van der Waals surface area contributed by atoms with Gasteiger partial charge in [0.25, 0.3) is 0 Å². The molecule has 10 heteroatoms. The van der Waals surface area contributed by atoms with E-state index >= 15 is 0 Å². The predicted octanol–water partition coefficient (Wildman–Crippen LogP) is 4.04. The fraction of sp³-hybridized carbons (Fsp3) is 0.500. The smallest absolute Gasteiger partial charge is 0.228 e. The molecule has 0 radical (unpaired) electrons. The van der Waals surface area contributed by atoms with Gasteiger partial charge >= 0.3 is 0 Å². The predicted molar refractivity (Wildman–Crippen MR) is 120 cm³/mol. The van der Waals surface area contributed by atoms with E-state index in [9.17, 15) is 13.2 Å². The maximum absolute atomic E-state index is 14.5. The number of hydrogen-bond donors (Lipinski definition) is 0. The number of aryl methyl sites for hydroxylation is 2. The molecule has 3 aliphatic rings. The van der Waals surface area contributed by atoms with E-state index in [1.807, 2.05) is 13.0 Å². The summed E-state index contributed by atoms with van der Waals surface area (Å²) >= 11 is 0. The molecule has 7 nitrogen and oxygen atoms in total. The largest absolute Gasteiger partial charge is 0.356 e. The van der Waals surface area contributed by atoms with Crippen molar-refractivity contribution in [1.82, 2.24) is 24.7 Å². The van der Waals surface area contributed by atoms with E-state index < -0.39 is 17.5 Å². The van der Waals surface area contributed by atoms with E-state index in [1.165, 1.54) is 18.9 Å². The van der Waals surface area contributed by atoms with Crippen LogP contribution in [0.5, 0.6) is 0 Å². The molecule has 2 fully saturated rings. The van der Waals surface area contributed by atoms with Gasteiger partial charge in [0.1, 0.15) is 12.1 Å². The van der Waals surface area contributed by atoms with Crippen molar-refractivity contribution in [2.45, 2.75) is 39.2 Å². The summed E-state index contributed by atoms with van der Waals surface area (Å²) in [6.45, 7) is 5.04. The number of rotatable bonds is 4. The molecule has 178 valence electrons. The molecular weight excluding hydrogens is 443 g/mol. The number of nitrogens with zero attached hydrogens (tertiary/aromatic N) is 7. The lowest BCUT2D eigenvalue weighted by atomic mass is 9.82. The normalized spacial score (nSPS) is 23.9. The third kappa shape index (κ3) is 3.59. The fourth-order valence-electron chi connectivity index (χ4n) is 5.93. The molecule has 2 bridgehead atoms. The number of piperidine rings is 1. The average molecular weight is 470 g/mol. The van der Waals surface area contributed by atoms with Crippen molar-refractivity contribution in [1.29, 1.82) is 0 Å². The van der Waals surface area contributed by atoms with Crippen molar-refractivity contribution >= 4 is 17.5 Å². The van der Waals surface area contributed by atoms with E-state index in [0.29, 0.717) is 36.8 Å². The highest BCUT2D eigenvalue weighted by Gasteiger charge is 2.43. The van der Waals surface area contributed by atoms with Gasteiger partial charge < -0.3 is 9.80 Å². The third-order valence-electron chi connectivity index (χ3n) is 7.56. The van der Waals surface area contributed by atoms with Crippen LogP contribution in [0.25, 0.3) is 0 Å². The quantitative estimate of drug-likeness (QED) is 0.538. The molecule has 1 aliphatic carbocycles. The lowest BCUT2D eigenvalue weighted by molar-refractivity contribution is 0.264. The van der Waals surface area contributed by atoms with Crippen molar-refractivity contribution in [3.05, 3.63) is 53.5 Å². The highest BCUT2D eigenvalue weighted by Crippen LogP contribution is 2.44. The zero-order chi connectivity index (χ0) is 23.4. The summed E-state index contributed by atoms with van der Waals surface area (Å²) in [6, 6.07) is 4.26. The molecule has 2 aromatic heterocycles. The van der Waals surface area contributed by atoms with Gasteiger partial charge in [-0.1, -0.05) is 0 Å². The Labute approximate surface area is 195 Å². The van der Waals surface area contributed by atoms with Gasteiger partial charge in [-0.3, -0.25) is 0 Å². The summed E-state index contributed by atoms with van der Waals surface area (Å²) in [5, 5.41) is 4.72. The highest BCUT2D eigenvalue weighted by atomic mass is 19.2. The van der Waals surface area contributed by atoms with Crippen molar-refractivity contribution in [2.75, 3.05) is 29.4 Å². The molecular formula is C24H26F3N7. The molecule has 1 unspecified atom stereocenters. The Morgan fingerprint density at radius 1 is 1.00 bits per heavy atom. The van der Waals surface area contributed by atoms with Crippen molar-refractivity contribution in [2.24, 2.45) is 17.8 Å². The monoisotopic (exact) mass is 469 g/mol. The lowest BCUT2D eigenvalue weighted by Gasteiger charge is -2.38. The number of halogens is 3. The second-order valence-electron chi connectivity index (χ2n) is 9.64. The van der Waals surface area contributed by atoms with E-state index in [4.69, 9.17) is 10.1 Å². The van der Waals surface area contributed by atoms with Crippen LogP contribution in [0, 0.1) is 42.1 Å². The summed E-state index contributed by atoms with van der Waals surface area (Å²) in [4.78, 5) is 17.4. The molecule has 1 aromatic carbocycles. The molecule has 6 rings (SSSR count). The summed E-state index contributed by atoms with van der Waals surface area (Å²) < 4.78 is 43.6. The van der Waals surface area contributed by atoms with Crippen LogP contribution >= 0.6 is 0 Å². The second-order valence-corrected chi connectivity index (χ2v) is 9.64. The maximum atomic E-state index is 14.5. The lowest BCUT2D eigenvalue weighted by Crippen LogP contribution is -2.43. The molecule has 34 heavy (non-hydrogen) atoms. The van der Waals surface area contributed by atoms with Crippen molar-refractivity contribution in [3.8, 4) is 0 Å². The molecule has 3 atom stereocenters. The molecule has 3 aromatic rings. The van der Waals surface area contributed by atoms with Crippen LogP contribution < -0.4 is 9.80 Å². The molecule has 2 aliphatic heterocycles. The summed E-state index contributed by atoms with van der Waals surface area (Å²) in [5.41, 5.74) is 0.960. The van der Waals surface area contributed by atoms with Gasteiger partial charge in [-0.25, -0.2) is 27.8 Å². The Hall–Kier alpha value is -3.17. The van der Waals surface area contributed by atoms with Gasteiger partial charge in [0.2, 0.25) is 5.95 Å². The number of hydrogen-bond acceptors (Lipinski definition) is 6. The topological polar surface area (TPSA) is 63.0 Å². The van der Waals surface area contributed by atoms with E-state index in [1.54, 1.807) is 15.9 Å². The van der Waals surface area contributed by atoms with Gasteiger partial charge in [-0.15, -0.1) is 0 Å². The minimum absolute atomic E-state index is 0.00711. The Balaban J connectivity index is 1.22. The zero-order valence-electron chi connectivity index (χ0n) is 19.0. The van der Waals surface area contributed by atoms with Gasteiger partial charge in [0.05, 0.1) is 5.69 Å². The van der Waals surface area contributed by atoms with E-state index in [2.05, 4.69) is 14.9 Å². The number of fused-ring (bicyclic) bond motifs is 3. The van der Waals surface area contributed by atoms with Crippen LogP contribution in [0.15, 0.2) is 24.5 Å². The molecule has 4 heterocycles. The van der Waals surface area contributed by atoms with Crippen LogP contribution in [-0.4, -0.2) is 44.4 Å². The van der Waals surface area contributed by atoms with Crippen LogP contribution in [0.2, 0.25) is 0 Å². The summed E-state index contributed by atoms with van der Waals surface area (Å²) in [5.74, 6) is -0.0758. The van der Waals surface area contributed by atoms with E-state index in [0.717, 1.165) is 49.3 Å². The molecule has 1 saturated carbocycles. The maximum Gasteiger partial charge on any atom is 0.228 e. The Morgan fingerprint density at radius 2 is 1.79 bits per heavy atom. The van der Waals surface area contributed by atoms with E-state index in [-0.39, 0.29) is 5.69 Å². The SMILES string of the molecule is Cc1cc(N2C[C@H]3CC[C@@H](C2)C3Cc2nc3n(n2)CCCN3c2ccc(F)c(F)c2F)ncn1. The fourth-order valence-corrected chi connectivity index (χ4v) is 5.93. The zero-order valence-corrected chi connectivity index (χ0v) is 19.0. The molecule has 0 amide bonds. The second kappa shape index (κ2) is 8.25. The first-order chi connectivity index (χ1) is 16.5. The molecule has 0 spiro atoms. The minimum atomic E-state index is -1.46. The van der Waals surface area contributed by atoms with Gasteiger partial charge in [0.15, 0.2) is 23.3 Å². The summed E-state index contributed by atoms with van der Waals surface area (Å²) in [7, 11) is 0. The summed E-state index contributed by atoms with van der Waals surface area (Å²) in [6.07, 6.45) is 5.46. The van der Waals surface area contributed by atoms with Crippen molar-refractivity contribution < 1.29 is 13.2 Å². The first-order valence-corrected chi connectivity index (χ1v) is 11.9. The number of anilines is 3. The first-order valence-electron chi connectivity index (χ1n) is 11.9. The Kier molecular flexibility index (Phi) is 5.18. The highest BCUT2D eigenvalue weighted by molar-refractivity contribution is 5.59. The van der Waals surface area contributed by atoms with Gasteiger partial charge in [-0.05, 0) is 56.1 Å². The van der Waals surface area contributed by atoms with Crippen LogP contribution in [-0.2, 0) is 13.0 Å². The van der Waals surface area contributed by atoms with Crippen LogP contribution in [0.4, 0.5) is 30.6 Å².